The molecule has 1 aliphatic rings. The van der Waals surface area contributed by atoms with Crippen molar-refractivity contribution in [1.82, 2.24) is 9.78 Å². The summed E-state index contributed by atoms with van der Waals surface area (Å²) in [4.78, 5) is 21.1. The molecule has 0 bridgehead atoms. The van der Waals surface area contributed by atoms with Gasteiger partial charge in [0.05, 0.1) is 4.92 Å². The molecule has 2 heterocycles. The van der Waals surface area contributed by atoms with Crippen molar-refractivity contribution in [3.05, 3.63) is 21.5 Å². The highest BCUT2D eigenvalue weighted by molar-refractivity contribution is 5.90. The van der Waals surface area contributed by atoms with Gasteiger partial charge in [0.1, 0.15) is 5.69 Å². The highest BCUT2D eigenvalue weighted by atomic mass is 16.6. The average molecular weight is 225 g/mol. The molecule has 0 spiro atoms. The van der Waals surface area contributed by atoms with Gasteiger partial charge >= 0.3 is 11.7 Å². The van der Waals surface area contributed by atoms with E-state index >= 15 is 0 Å². The van der Waals surface area contributed by atoms with E-state index in [4.69, 9.17) is 5.11 Å². The topological polar surface area (TPSA) is 98.3 Å². The standard InChI is InChI=1S/C9H11N3O4/c13-9(14)7-8(12(15)16)6-4-2-1-3-5-11(6)10-7/h1-5H2,(H,13,14). The summed E-state index contributed by atoms with van der Waals surface area (Å²) in [6.45, 7) is 0.559. The molecule has 7 heteroatoms. The van der Waals surface area contributed by atoms with E-state index in [1.54, 1.807) is 0 Å². The van der Waals surface area contributed by atoms with Crippen molar-refractivity contribution < 1.29 is 14.8 Å². The fourth-order valence-electron chi connectivity index (χ4n) is 1.99. The maximum atomic E-state index is 10.9. The molecule has 1 aromatic rings. The van der Waals surface area contributed by atoms with Crippen molar-refractivity contribution in [2.45, 2.75) is 32.2 Å². The maximum Gasteiger partial charge on any atom is 0.363 e. The van der Waals surface area contributed by atoms with E-state index in [1.165, 1.54) is 4.68 Å². The number of carboxylic acid groups (broad SMARTS) is 1. The molecular weight excluding hydrogens is 214 g/mol. The second-order valence-corrected chi connectivity index (χ2v) is 3.74. The second-order valence-electron chi connectivity index (χ2n) is 3.74. The van der Waals surface area contributed by atoms with Crippen LogP contribution < -0.4 is 0 Å². The second kappa shape index (κ2) is 3.92. The summed E-state index contributed by atoms with van der Waals surface area (Å²) in [5, 5.41) is 23.5. The molecular formula is C9H11N3O4. The zero-order valence-electron chi connectivity index (χ0n) is 8.55. The minimum atomic E-state index is -1.34. The van der Waals surface area contributed by atoms with Gasteiger partial charge in [-0.05, 0) is 19.3 Å². The van der Waals surface area contributed by atoms with Crippen LogP contribution in [0.2, 0.25) is 0 Å². The lowest BCUT2D eigenvalue weighted by atomic mass is 10.1. The minimum absolute atomic E-state index is 0.339. The molecule has 0 unspecified atom stereocenters. The minimum Gasteiger partial charge on any atom is -0.476 e. The van der Waals surface area contributed by atoms with Crippen LogP contribution in [0.15, 0.2) is 0 Å². The zero-order chi connectivity index (χ0) is 11.7. The molecule has 0 aliphatic carbocycles. The first-order valence-corrected chi connectivity index (χ1v) is 5.08. The molecule has 0 saturated heterocycles. The van der Waals surface area contributed by atoms with Crippen LogP contribution in [-0.2, 0) is 13.0 Å². The average Bonchev–Trinajstić information content (AvgIpc) is 2.43. The molecule has 0 fully saturated rings. The maximum absolute atomic E-state index is 10.9. The number of aromatic carboxylic acids is 1. The highest BCUT2D eigenvalue weighted by Crippen LogP contribution is 2.27. The zero-order valence-corrected chi connectivity index (χ0v) is 8.55. The Bertz CT molecular complexity index is 452. The van der Waals surface area contributed by atoms with Gasteiger partial charge in [-0.1, -0.05) is 6.42 Å². The quantitative estimate of drug-likeness (QED) is 0.602. The summed E-state index contributed by atoms with van der Waals surface area (Å²) in [6.07, 6.45) is 3.23. The van der Waals surface area contributed by atoms with Crippen molar-refractivity contribution in [1.29, 1.82) is 0 Å². The van der Waals surface area contributed by atoms with E-state index in [-0.39, 0.29) is 5.69 Å². The number of fused-ring (bicyclic) bond motifs is 1. The fourth-order valence-corrected chi connectivity index (χ4v) is 1.99. The van der Waals surface area contributed by atoms with E-state index in [1.807, 2.05) is 0 Å². The SMILES string of the molecule is O=C(O)c1nn2c(c1[N+](=O)[O-])CCCCC2. The third-order valence-electron chi connectivity index (χ3n) is 2.70. The lowest BCUT2D eigenvalue weighted by Gasteiger charge is -1.98. The van der Waals surface area contributed by atoms with E-state index in [2.05, 4.69) is 5.10 Å². The van der Waals surface area contributed by atoms with Gasteiger partial charge in [-0.2, -0.15) is 5.10 Å². The van der Waals surface area contributed by atoms with Crippen molar-refractivity contribution in [2.24, 2.45) is 0 Å². The predicted molar refractivity (Wildman–Crippen MR) is 53.4 cm³/mol. The fraction of sp³-hybridized carbons (Fsp3) is 0.556. The predicted octanol–water partition coefficient (Wildman–Crippen LogP) is 1.22. The normalized spacial score (nSPS) is 15.2. The van der Waals surface area contributed by atoms with Crippen molar-refractivity contribution in [2.75, 3.05) is 0 Å². The Morgan fingerprint density at radius 3 is 2.81 bits per heavy atom. The van der Waals surface area contributed by atoms with Crippen LogP contribution in [0.5, 0.6) is 0 Å². The molecule has 0 saturated carbocycles. The van der Waals surface area contributed by atoms with E-state index < -0.39 is 16.6 Å². The van der Waals surface area contributed by atoms with Crippen molar-refractivity contribution in [3.8, 4) is 0 Å². The summed E-state index contributed by atoms with van der Waals surface area (Å²) in [5.41, 5.74) is -0.337. The Hall–Kier alpha value is -1.92. The van der Waals surface area contributed by atoms with Gasteiger partial charge in [-0.25, -0.2) is 4.79 Å². The number of hydrogen-bond donors (Lipinski definition) is 1. The lowest BCUT2D eigenvalue weighted by molar-refractivity contribution is -0.386. The Morgan fingerprint density at radius 2 is 2.19 bits per heavy atom. The van der Waals surface area contributed by atoms with Crippen molar-refractivity contribution in [3.63, 3.8) is 0 Å². The Labute approximate surface area is 90.8 Å². The number of hydrogen-bond acceptors (Lipinski definition) is 4. The van der Waals surface area contributed by atoms with Crippen LogP contribution in [0.4, 0.5) is 5.69 Å². The number of nitrogens with zero attached hydrogens (tertiary/aromatic N) is 3. The van der Waals surface area contributed by atoms with Gasteiger partial charge in [0.15, 0.2) is 0 Å². The van der Waals surface area contributed by atoms with E-state index in [0.29, 0.717) is 18.7 Å². The molecule has 1 aliphatic heterocycles. The Balaban J connectivity index is 2.57. The Kier molecular flexibility index (Phi) is 2.59. The number of rotatable bonds is 2. The first kappa shape index (κ1) is 10.6. The van der Waals surface area contributed by atoms with Crippen LogP contribution >= 0.6 is 0 Å². The summed E-state index contributed by atoms with van der Waals surface area (Å²) in [7, 11) is 0. The number of aromatic nitrogens is 2. The first-order valence-electron chi connectivity index (χ1n) is 5.08. The molecule has 0 atom stereocenters. The summed E-state index contributed by atoms with van der Waals surface area (Å²) < 4.78 is 1.47. The summed E-state index contributed by atoms with van der Waals surface area (Å²) in [6, 6.07) is 0. The molecule has 1 N–H and O–H groups in total. The van der Waals surface area contributed by atoms with Crippen LogP contribution in [0.25, 0.3) is 0 Å². The molecule has 2 rings (SSSR count). The molecule has 0 aromatic carbocycles. The van der Waals surface area contributed by atoms with Crippen LogP contribution in [-0.4, -0.2) is 25.8 Å². The third-order valence-corrected chi connectivity index (χ3v) is 2.70. The number of nitro groups is 1. The lowest BCUT2D eigenvalue weighted by Crippen LogP contribution is -2.04. The van der Waals surface area contributed by atoms with Gasteiger partial charge < -0.3 is 5.11 Å². The molecule has 0 radical (unpaired) electrons. The highest BCUT2D eigenvalue weighted by Gasteiger charge is 2.32. The largest absolute Gasteiger partial charge is 0.476 e. The number of carboxylic acids is 1. The van der Waals surface area contributed by atoms with Crippen LogP contribution in [0.3, 0.4) is 0 Å². The molecule has 7 nitrogen and oxygen atoms in total. The van der Waals surface area contributed by atoms with Crippen molar-refractivity contribution >= 4 is 11.7 Å². The molecule has 86 valence electrons. The summed E-state index contributed by atoms with van der Waals surface area (Å²) in [5.74, 6) is -1.34. The third kappa shape index (κ3) is 1.64. The van der Waals surface area contributed by atoms with Gasteiger partial charge in [0, 0.05) is 6.54 Å². The van der Waals surface area contributed by atoms with Gasteiger partial charge in [-0.3, -0.25) is 14.8 Å². The van der Waals surface area contributed by atoms with Crippen LogP contribution in [0.1, 0.15) is 35.4 Å². The molecule has 0 amide bonds. The number of aryl methyl sites for hydroxylation is 1. The smallest absolute Gasteiger partial charge is 0.363 e. The monoisotopic (exact) mass is 225 g/mol. The molecule has 16 heavy (non-hydrogen) atoms. The molecule has 1 aromatic heterocycles. The first-order chi connectivity index (χ1) is 7.61. The van der Waals surface area contributed by atoms with Gasteiger partial charge in [-0.15, -0.1) is 0 Å². The van der Waals surface area contributed by atoms with Crippen LogP contribution in [0, 0.1) is 10.1 Å². The Morgan fingerprint density at radius 1 is 1.44 bits per heavy atom. The summed E-state index contributed by atoms with van der Waals surface area (Å²) >= 11 is 0. The van der Waals surface area contributed by atoms with Gasteiger partial charge in [0.25, 0.3) is 0 Å². The van der Waals surface area contributed by atoms with E-state index in [0.717, 1.165) is 19.3 Å². The number of carbonyl (C=O) groups is 1. The van der Waals surface area contributed by atoms with Gasteiger partial charge in [0.2, 0.25) is 5.69 Å². The van der Waals surface area contributed by atoms with E-state index in [9.17, 15) is 14.9 Å².